The summed E-state index contributed by atoms with van der Waals surface area (Å²) in [6, 6.07) is 5.01. The van der Waals surface area contributed by atoms with Crippen molar-refractivity contribution >= 4 is 33.8 Å². The largest absolute Gasteiger partial charge is 0.494 e. The lowest BCUT2D eigenvalue weighted by molar-refractivity contribution is -0.131. The summed E-state index contributed by atoms with van der Waals surface area (Å²) in [5.41, 5.74) is 0.995. The molecule has 0 spiro atoms. The Morgan fingerprint density at radius 1 is 1.47 bits per heavy atom. The zero-order valence-electron chi connectivity index (χ0n) is 10.7. The molecule has 0 fully saturated rings. The molecule has 0 aliphatic carbocycles. The molecule has 4 nitrogen and oxygen atoms in total. The van der Waals surface area contributed by atoms with Crippen molar-refractivity contribution < 1.29 is 19.4 Å². The van der Waals surface area contributed by atoms with Crippen LogP contribution in [0.4, 0.5) is 0 Å². The van der Waals surface area contributed by atoms with Crippen LogP contribution in [0, 0.1) is 0 Å². The van der Waals surface area contributed by atoms with Crippen LogP contribution < -0.4 is 4.74 Å². The molecule has 0 radical (unpaired) electrons. The number of rotatable bonds is 6. The maximum atomic E-state index is 12.1. The van der Waals surface area contributed by atoms with Crippen molar-refractivity contribution in [1.82, 2.24) is 0 Å². The minimum atomic E-state index is -1.06. The van der Waals surface area contributed by atoms with Crippen LogP contribution in [0.3, 0.4) is 0 Å². The molecule has 0 saturated heterocycles. The summed E-state index contributed by atoms with van der Waals surface area (Å²) in [7, 11) is 0. The van der Waals surface area contributed by atoms with Crippen LogP contribution in [0.15, 0.2) is 24.3 Å². The molecule has 5 heteroatoms. The van der Waals surface area contributed by atoms with Crippen LogP contribution >= 0.6 is 15.9 Å². The van der Waals surface area contributed by atoms with Crippen molar-refractivity contribution in [1.29, 1.82) is 0 Å². The first-order valence-corrected chi connectivity index (χ1v) is 6.73. The summed E-state index contributed by atoms with van der Waals surface area (Å²) >= 11 is 3.22. The average molecular weight is 327 g/mol. The molecule has 1 aromatic rings. The van der Waals surface area contributed by atoms with Gasteiger partial charge in [-0.15, -0.1) is 0 Å². The fourth-order valence-electron chi connectivity index (χ4n) is 1.53. The summed E-state index contributed by atoms with van der Waals surface area (Å²) < 4.78 is 5.35. The first-order valence-electron chi connectivity index (χ1n) is 5.81. The minimum Gasteiger partial charge on any atom is -0.494 e. The standard InChI is InChI=1S/C14H15BrO4/c1-3-19-11-6-4-10(5-7-13(16)17)12(8-11)14(18)9(2)15/h4-9H,3H2,1-2H3,(H,16,17). The Hall–Kier alpha value is -1.62. The van der Waals surface area contributed by atoms with Crippen LogP contribution in [0.1, 0.15) is 29.8 Å². The lowest BCUT2D eigenvalue weighted by Crippen LogP contribution is -2.12. The molecular formula is C14H15BrO4. The number of benzene rings is 1. The molecule has 0 saturated carbocycles. The molecule has 1 N–H and O–H groups in total. The van der Waals surface area contributed by atoms with Crippen LogP contribution in [0.5, 0.6) is 5.75 Å². The molecule has 0 aliphatic heterocycles. The fourth-order valence-corrected chi connectivity index (χ4v) is 1.77. The van der Waals surface area contributed by atoms with Gasteiger partial charge in [-0.1, -0.05) is 22.0 Å². The van der Waals surface area contributed by atoms with E-state index in [4.69, 9.17) is 9.84 Å². The SMILES string of the molecule is CCOc1ccc(C=CC(=O)O)c(C(=O)C(C)Br)c1. The lowest BCUT2D eigenvalue weighted by atomic mass is 10.0. The maximum absolute atomic E-state index is 12.1. The Bertz CT molecular complexity index is 506. The van der Waals surface area contributed by atoms with Gasteiger partial charge in [-0.05, 0) is 37.6 Å². The van der Waals surface area contributed by atoms with Gasteiger partial charge in [-0.3, -0.25) is 4.79 Å². The van der Waals surface area contributed by atoms with Gasteiger partial charge in [0.15, 0.2) is 5.78 Å². The Morgan fingerprint density at radius 2 is 2.16 bits per heavy atom. The second-order valence-electron chi connectivity index (χ2n) is 3.83. The monoisotopic (exact) mass is 326 g/mol. The number of ether oxygens (including phenoxy) is 1. The van der Waals surface area contributed by atoms with Crippen molar-refractivity contribution in [3.05, 3.63) is 35.4 Å². The summed E-state index contributed by atoms with van der Waals surface area (Å²) in [6.45, 7) is 4.08. The van der Waals surface area contributed by atoms with Gasteiger partial charge in [0.1, 0.15) is 5.75 Å². The number of halogens is 1. The Morgan fingerprint density at radius 3 is 2.68 bits per heavy atom. The van der Waals surface area contributed by atoms with Gasteiger partial charge >= 0.3 is 5.97 Å². The zero-order chi connectivity index (χ0) is 14.4. The number of hydrogen-bond acceptors (Lipinski definition) is 3. The van der Waals surface area contributed by atoms with Gasteiger partial charge in [0, 0.05) is 11.6 Å². The van der Waals surface area contributed by atoms with Crippen LogP contribution in [-0.2, 0) is 4.79 Å². The van der Waals surface area contributed by atoms with Gasteiger partial charge in [-0.25, -0.2) is 4.79 Å². The van der Waals surface area contributed by atoms with Crippen molar-refractivity contribution in [2.75, 3.05) is 6.61 Å². The van der Waals surface area contributed by atoms with Crippen LogP contribution in [-0.4, -0.2) is 28.3 Å². The summed E-state index contributed by atoms with van der Waals surface area (Å²) in [5.74, 6) is -0.586. The zero-order valence-corrected chi connectivity index (χ0v) is 12.3. The van der Waals surface area contributed by atoms with Crippen molar-refractivity contribution in [3.63, 3.8) is 0 Å². The van der Waals surface area contributed by atoms with E-state index in [0.29, 0.717) is 23.5 Å². The number of carbonyl (C=O) groups excluding carboxylic acids is 1. The smallest absolute Gasteiger partial charge is 0.328 e. The topological polar surface area (TPSA) is 63.6 Å². The van der Waals surface area contributed by atoms with E-state index >= 15 is 0 Å². The lowest BCUT2D eigenvalue weighted by Gasteiger charge is -2.10. The Labute approximate surface area is 120 Å². The number of alkyl halides is 1. The highest BCUT2D eigenvalue weighted by molar-refractivity contribution is 9.10. The molecule has 1 unspecified atom stereocenters. The third kappa shape index (κ3) is 4.52. The van der Waals surface area contributed by atoms with E-state index in [1.165, 1.54) is 6.08 Å². The number of ketones is 1. The summed E-state index contributed by atoms with van der Waals surface area (Å²) in [4.78, 5) is 22.3. The normalized spacial score (nSPS) is 12.4. The van der Waals surface area contributed by atoms with E-state index in [1.54, 1.807) is 25.1 Å². The van der Waals surface area contributed by atoms with E-state index in [2.05, 4.69) is 15.9 Å². The highest BCUT2D eigenvalue weighted by Crippen LogP contribution is 2.22. The first kappa shape index (κ1) is 15.4. The molecule has 0 amide bonds. The number of carboxylic acids is 1. The molecule has 102 valence electrons. The Kier molecular flexibility index (Phi) is 5.76. The van der Waals surface area contributed by atoms with Crippen LogP contribution in [0.2, 0.25) is 0 Å². The second-order valence-corrected chi connectivity index (χ2v) is 5.21. The van der Waals surface area contributed by atoms with E-state index in [-0.39, 0.29) is 10.6 Å². The van der Waals surface area contributed by atoms with Crippen LogP contribution in [0.25, 0.3) is 6.08 Å². The van der Waals surface area contributed by atoms with E-state index in [9.17, 15) is 9.59 Å². The number of Topliss-reactive ketones (excluding diaryl/α,β-unsaturated/α-hetero) is 1. The molecule has 0 bridgehead atoms. The number of hydrogen-bond donors (Lipinski definition) is 1. The first-order chi connectivity index (χ1) is 8.95. The predicted molar refractivity (Wildman–Crippen MR) is 77.0 cm³/mol. The molecular weight excluding hydrogens is 312 g/mol. The van der Waals surface area contributed by atoms with Crippen molar-refractivity contribution in [2.24, 2.45) is 0 Å². The molecule has 0 aromatic heterocycles. The number of carbonyl (C=O) groups is 2. The van der Waals surface area contributed by atoms with Gasteiger partial charge < -0.3 is 9.84 Å². The van der Waals surface area contributed by atoms with Gasteiger partial charge in [-0.2, -0.15) is 0 Å². The average Bonchev–Trinajstić information content (AvgIpc) is 2.36. The Balaban J connectivity index is 3.22. The van der Waals surface area contributed by atoms with E-state index < -0.39 is 5.97 Å². The quantitative estimate of drug-likeness (QED) is 0.495. The molecule has 1 aromatic carbocycles. The molecule has 1 atom stereocenters. The molecule has 0 heterocycles. The molecule has 19 heavy (non-hydrogen) atoms. The second kappa shape index (κ2) is 7.09. The van der Waals surface area contributed by atoms with E-state index in [1.807, 2.05) is 6.92 Å². The highest BCUT2D eigenvalue weighted by Gasteiger charge is 2.16. The summed E-state index contributed by atoms with van der Waals surface area (Å²) in [6.07, 6.45) is 2.41. The fraction of sp³-hybridized carbons (Fsp3) is 0.286. The third-order valence-corrected chi connectivity index (χ3v) is 2.78. The highest BCUT2D eigenvalue weighted by atomic mass is 79.9. The van der Waals surface area contributed by atoms with Gasteiger partial charge in [0.25, 0.3) is 0 Å². The number of aliphatic carboxylic acids is 1. The summed E-state index contributed by atoms with van der Waals surface area (Å²) in [5, 5.41) is 8.65. The van der Waals surface area contributed by atoms with Crippen molar-refractivity contribution in [3.8, 4) is 5.75 Å². The van der Waals surface area contributed by atoms with Crippen molar-refractivity contribution in [2.45, 2.75) is 18.7 Å². The molecule has 1 rings (SSSR count). The third-order valence-electron chi connectivity index (χ3n) is 2.37. The van der Waals surface area contributed by atoms with E-state index in [0.717, 1.165) is 6.08 Å². The van der Waals surface area contributed by atoms with Gasteiger partial charge in [0.05, 0.1) is 11.4 Å². The molecule has 0 aliphatic rings. The maximum Gasteiger partial charge on any atom is 0.328 e. The van der Waals surface area contributed by atoms with Gasteiger partial charge in [0.2, 0.25) is 0 Å². The minimum absolute atomic E-state index is 0.119. The number of carboxylic acid groups (broad SMARTS) is 1. The predicted octanol–water partition coefficient (Wildman–Crippen LogP) is 3.15.